The predicted octanol–water partition coefficient (Wildman–Crippen LogP) is 8.34. The van der Waals surface area contributed by atoms with Gasteiger partial charge in [0.05, 0.1) is 0 Å². The van der Waals surface area contributed by atoms with E-state index in [2.05, 4.69) is 128 Å². The molecule has 144 valence electrons. The zero-order chi connectivity index (χ0) is 20.1. The van der Waals surface area contributed by atoms with Crippen molar-refractivity contribution in [2.24, 2.45) is 0 Å². The van der Waals surface area contributed by atoms with Crippen molar-refractivity contribution in [3.8, 4) is 11.1 Å². The number of nitrogens with zero attached hydrogens (tertiary/aromatic N) is 1. The summed E-state index contributed by atoms with van der Waals surface area (Å²) >= 11 is 0. The first-order valence-corrected chi connectivity index (χ1v) is 10.4. The Balaban J connectivity index is 1.74. The van der Waals surface area contributed by atoms with Gasteiger partial charge in [0.2, 0.25) is 0 Å². The molecule has 1 nitrogen and oxygen atoms in total. The first-order valence-electron chi connectivity index (χ1n) is 10.4. The molecule has 0 aliphatic carbocycles. The second kappa shape index (κ2) is 8.79. The van der Waals surface area contributed by atoms with Crippen LogP contribution in [0.1, 0.15) is 31.7 Å². The topological polar surface area (TPSA) is 3.24 Å². The van der Waals surface area contributed by atoms with Gasteiger partial charge in [-0.15, -0.1) is 0 Å². The van der Waals surface area contributed by atoms with E-state index in [-0.39, 0.29) is 0 Å². The summed E-state index contributed by atoms with van der Waals surface area (Å²) in [5, 5.41) is 0. The van der Waals surface area contributed by atoms with E-state index in [1.807, 2.05) is 0 Å². The number of anilines is 3. The van der Waals surface area contributed by atoms with Gasteiger partial charge in [-0.3, -0.25) is 0 Å². The van der Waals surface area contributed by atoms with E-state index in [1.165, 1.54) is 16.7 Å². The molecule has 0 bridgehead atoms. The van der Waals surface area contributed by atoms with Gasteiger partial charge in [-0.2, -0.15) is 0 Å². The molecule has 0 heterocycles. The summed E-state index contributed by atoms with van der Waals surface area (Å²) < 4.78 is 0. The maximum Gasteiger partial charge on any atom is 0.0467 e. The Bertz CT molecular complexity index is 997. The zero-order valence-electron chi connectivity index (χ0n) is 17.1. The summed E-state index contributed by atoms with van der Waals surface area (Å²) in [5.41, 5.74) is 7.36. The summed E-state index contributed by atoms with van der Waals surface area (Å²) in [6.07, 6.45) is 1.16. The fourth-order valence-corrected chi connectivity index (χ4v) is 3.67. The summed E-state index contributed by atoms with van der Waals surface area (Å²) in [7, 11) is 0. The summed E-state index contributed by atoms with van der Waals surface area (Å²) in [5.74, 6) is 0.599. The second-order valence-corrected chi connectivity index (χ2v) is 7.49. The largest absolute Gasteiger partial charge is 0.310 e. The Morgan fingerprint density at radius 1 is 0.586 bits per heavy atom. The average Bonchev–Trinajstić information content (AvgIpc) is 2.80. The fourth-order valence-electron chi connectivity index (χ4n) is 3.67. The lowest BCUT2D eigenvalue weighted by Gasteiger charge is -2.26. The van der Waals surface area contributed by atoms with Crippen LogP contribution in [0.2, 0.25) is 0 Å². The zero-order valence-corrected chi connectivity index (χ0v) is 17.1. The molecule has 1 unspecified atom stereocenters. The van der Waals surface area contributed by atoms with E-state index < -0.39 is 0 Å². The van der Waals surface area contributed by atoms with Gasteiger partial charge in [0.25, 0.3) is 0 Å². The number of rotatable bonds is 6. The van der Waals surface area contributed by atoms with Gasteiger partial charge >= 0.3 is 0 Å². The minimum absolute atomic E-state index is 0.599. The van der Waals surface area contributed by atoms with Gasteiger partial charge < -0.3 is 4.90 Å². The molecule has 0 aliphatic rings. The highest BCUT2D eigenvalue weighted by molar-refractivity contribution is 5.79. The molecule has 0 aliphatic heterocycles. The number of hydrogen-bond donors (Lipinski definition) is 0. The Labute approximate surface area is 174 Å². The van der Waals surface area contributed by atoms with E-state index in [0.717, 1.165) is 23.5 Å². The second-order valence-electron chi connectivity index (χ2n) is 7.49. The smallest absolute Gasteiger partial charge is 0.0467 e. The lowest BCUT2D eigenvalue weighted by Crippen LogP contribution is -2.09. The SMILES string of the molecule is CCC(C)c1ccc(-c2cccc(N(c3ccccc3)c3ccccc3)c2)cc1. The van der Waals surface area contributed by atoms with Crippen molar-refractivity contribution in [1.82, 2.24) is 0 Å². The monoisotopic (exact) mass is 377 g/mol. The van der Waals surface area contributed by atoms with Crippen LogP contribution in [0.4, 0.5) is 17.1 Å². The van der Waals surface area contributed by atoms with Gasteiger partial charge in [0, 0.05) is 17.1 Å². The normalized spacial score (nSPS) is 11.8. The van der Waals surface area contributed by atoms with Crippen molar-refractivity contribution in [3.05, 3.63) is 115 Å². The summed E-state index contributed by atoms with van der Waals surface area (Å²) in [4.78, 5) is 2.30. The number of para-hydroxylation sites is 2. The van der Waals surface area contributed by atoms with Crippen LogP contribution < -0.4 is 4.90 Å². The Kier molecular flexibility index (Phi) is 5.76. The summed E-state index contributed by atoms with van der Waals surface area (Å²) in [6.45, 7) is 4.52. The van der Waals surface area contributed by atoms with Crippen LogP contribution in [0.5, 0.6) is 0 Å². The molecule has 0 fully saturated rings. The molecule has 0 N–H and O–H groups in total. The molecule has 0 saturated carbocycles. The molecular weight excluding hydrogens is 350 g/mol. The molecule has 0 amide bonds. The molecule has 1 atom stereocenters. The maximum atomic E-state index is 2.30. The average molecular weight is 378 g/mol. The van der Waals surface area contributed by atoms with Crippen molar-refractivity contribution in [1.29, 1.82) is 0 Å². The van der Waals surface area contributed by atoms with Gasteiger partial charge in [-0.1, -0.05) is 86.6 Å². The molecule has 4 aromatic rings. The van der Waals surface area contributed by atoms with Crippen LogP contribution in [0.15, 0.2) is 109 Å². The van der Waals surface area contributed by atoms with Crippen molar-refractivity contribution in [2.45, 2.75) is 26.2 Å². The van der Waals surface area contributed by atoms with Crippen LogP contribution in [-0.2, 0) is 0 Å². The first-order chi connectivity index (χ1) is 14.3. The van der Waals surface area contributed by atoms with Gasteiger partial charge in [-0.05, 0) is 65.4 Å². The van der Waals surface area contributed by atoms with Crippen LogP contribution in [0, 0.1) is 0 Å². The van der Waals surface area contributed by atoms with E-state index in [4.69, 9.17) is 0 Å². The first kappa shape index (κ1) is 19.0. The van der Waals surface area contributed by atoms with Crippen LogP contribution in [0.3, 0.4) is 0 Å². The lowest BCUT2D eigenvalue weighted by atomic mass is 9.96. The van der Waals surface area contributed by atoms with E-state index >= 15 is 0 Å². The maximum absolute atomic E-state index is 2.30. The number of hydrogen-bond acceptors (Lipinski definition) is 1. The third-order valence-electron chi connectivity index (χ3n) is 5.56. The fraction of sp³-hybridized carbons (Fsp3) is 0.143. The lowest BCUT2D eigenvalue weighted by molar-refractivity contribution is 0.734. The molecule has 0 spiro atoms. The Morgan fingerprint density at radius 3 is 1.69 bits per heavy atom. The Hall–Kier alpha value is -3.32. The highest BCUT2D eigenvalue weighted by atomic mass is 15.1. The van der Waals surface area contributed by atoms with Crippen molar-refractivity contribution < 1.29 is 0 Å². The highest BCUT2D eigenvalue weighted by Gasteiger charge is 2.12. The Morgan fingerprint density at radius 2 is 1.14 bits per heavy atom. The molecular formula is C28H27N. The predicted molar refractivity (Wildman–Crippen MR) is 125 cm³/mol. The molecule has 29 heavy (non-hydrogen) atoms. The van der Waals surface area contributed by atoms with Crippen molar-refractivity contribution >= 4 is 17.1 Å². The summed E-state index contributed by atoms with van der Waals surface area (Å²) in [6, 6.07) is 38.9. The van der Waals surface area contributed by atoms with E-state index in [0.29, 0.717) is 5.92 Å². The molecule has 0 aromatic heterocycles. The quantitative estimate of drug-likeness (QED) is 0.326. The molecule has 4 aromatic carbocycles. The number of benzene rings is 4. The molecule has 0 radical (unpaired) electrons. The van der Waals surface area contributed by atoms with Gasteiger partial charge in [0.1, 0.15) is 0 Å². The van der Waals surface area contributed by atoms with Gasteiger partial charge in [0.15, 0.2) is 0 Å². The highest BCUT2D eigenvalue weighted by Crippen LogP contribution is 2.36. The van der Waals surface area contributed by atoms with Crippen molar-refractivity contribution in [3.63, 3.8) is 0 Å². The standard InChI is InChI=1S/C28H27N/c1-3-22(2)23-17-19-24(20-18-23)25-11-10-16-28(21-25)29(26-12-6-4-7-13-26)27-14-8-5-9-15-27/h4-22H,3H2,1-2H3. The molecule has 0 saturated heterocycles. The third kappa shape index (κ3) is 4.25. The van der Waals surface area contributed by atoms with Crippen LogP contribution >= 0.6 is 0 Å². The van der Waals surface area contributed by atoms with Crippen LogP contribution in [-0.4, -0.2) is 0 Å². The van der Waals surface area contributed by atoms with E-state index in [1.54, 1.807) is 0 Å². The molecule has 4 rings (SSSR count). The van der Waals surface area contributed by atoms with Crippen LogP contribution in [0.25, 0.3) is 11.1 Å². The minimum Gasteiger partial charge on any atom is -0.310 e. The van der Waals surface area contributed by atoms with Gasteiger partial charge in [-0.25, -0.2) is 0 Å². The molecule has 1 heteroatoms. The third-order valence-corrected chi connectivity index (χ3v) is 5.56. The minimum atomic E-state index is 0.599. The van der Waals surface area contributed by atoms with Crippen molar-refractivity contribution in [2.75, 3.05) is 4.90 Å². The van der Waals surface area contributed by atoms with E-state index in [9.17, 15) is 0 Å².